The van der Waals surface area contributed by atoms with Crippen LogP contribution in [-0.2, 0) is 10.0 Å². The Balaban J connectivity index is 2.69. The van der Waals surface area contributed by atoms with Gasteiger partial charge < -0.3 is 0 Å². The second-order valence-corrected chi connectivity index (χ2v) is 10.2. The highest BCUT2D eigenvalue weighted by atomic mass is 35.5. The highest BCUT2D eigenvalue weighted by Gasteiger charge is 2.24. The van der Waals surface area contributed by atoms with Crippen LogP contribution in [0.15, 0.2) is 23.1 Å². The molecular formula is C23H40ClNO2S. The molecule has 162 valence electrons. The summed E-state index contributed by atoms with van der Waals surface area (Å²) in [5.41, 5.74) is 0.807. The SMILES string of the molecule is CCCCCCCCN(CCCCCCCC)S(=O)(=O)c1ccc(Cl)c(C)c1. The van der Waals surface area contributed by atoms with Gasteiger partial charge in [0, 0.05) is 18.1 Å². The van der Waals surface area contributed by atoms with E-state index in [4.69, 9.17) is 11.6 Å². The van der Waals surface area contributed by atoms with Gasteiger partial charge in [0.1, 0.15) is 0 Å². The average molecular weight is 430 g/mol. The van der Waals surface area contributed by atoms with E-state index >= 15 is 0 Å². The number of halogens is 1. The third kappa shape index (κ3) is 9.28. The van der Waals surface area contributed by atoms with Crippen LogP contribution >= 0.6 is 11.6 Å². The summed E-state index contributed by atoms with van der Waals surface area (Å²) in [5, 5.41) is 0.609. The van der Waals surface area contributed by atoms with Gasteiger partial charge in [-0.2, -0.15) is 4.31 Å². The number of benzene rings is 1. The largest absolute Gasteiger partial charge is 0.243 e. The van der Waals surface area contributed by atoms with E-state index in [9.17, 15) is 8.42 Å². The Kier molecular flexibility index (Phi) is 13.1. The average Bonchev–Trinajstić information content (AvgIpc) is 2.67. The Labute approximate surface area is 178 Å². The normalized spacial score (nSPS) is 12.0. The van der Waals surface area contributed by atoms with E-state index < -0.39 is 10.0 Å². The maximum Gasteiger partial charge on any atom is 0.243 e. The Morgan fingerprint density at radius 3 is 1.71 bits per heavy atom. The minimum atomic E-state index is -3.46. The minimum absolute atomic E-state index is 0.367. The highest BCUT2D eigenvalue weighted by Crippen LogP contribution is 2.23. The van der Waals surface area contributed by atoms with Crippen LogP contribution in [0.25, 0.3) is 0 Å². The smallest absolute Gasteiger partial charge is 0.207 e. The van der Waals surface area contributed by atoms with Crippen LogP contribution < -0.4 is 0 Å². The van der Waals surface area contributed by atoms with Gasteiger partial charge in [0.15, 0.2) is 0 Å². The fourth-order valence-corrected chi connectivity index (χ4v) is 5.14. The van der Waals surface area contributed by atoms with E-state index in [2.05, 4.69) is 13.8 Å². The zero-order chi connectivity index (χ0) is 20.8. The molecule has 1 rings (SSSR count). The molecule has 0 fully saturated rings. The quantitative estimate of drug-likeness (QED) is 0.257. The lowest BCUT2D eigenvalue weighted by atomic mass is 10.1. The van der Waals surface area contributed by atoms with E-state index in [0.29, 0.717) is 23.0 Å². The van der Waals surface area contributed by atoms with Crippen LogP contribution in [0.1, 0.15) is 96.5 Å². The van der Waals surface area contributed by atoms with Gasteiger partial charge in [-0.15, -0.1) is 0 Å². The zero-order valence-electron chi connectivity index (χ0n) is 18.2. The molecule has 5 heteroatoms. The molecule has 0 aliphatic heterocycles. The van der Waals surface area contributed by atoms with Gasteiger partial charge in [-0.1, -0.05) is 89.7 Å². The van der Waals surface area contributed by atoms with Crippen LogP contribution in [0.4, 0.5) is 0 Å². The molecule has 0 spiro atoms. The molecular weight excluding hydrogens is 390 g/mol. The van der Waals surface area contributed by atoms with Gasteiger partial charge in [-0.05, 0) is 43.5 Å². The van der Waals surface area contributed by atoms with Crippen molar-refractivity contribution in [1.29, 1.82) is 0 Å². The number of sulfonamides is 1. The first-order valence-electron chi connectivity index (χ1n) is 11.2. The van der Waals surface area contributed by atoms with Crippen molar-refractivity contribution in [1.82, 2.24) is 4.31 Å². The number of hydrogen-bond donors (Lipinski definition) is 0. The summed E-state index contributed by atoms with van der Waals surface area (Å²) in [6, 6.07) is 5.03. The van der Waals surface area contributed by atoms with E-state index in [1.165, 1.54) is 51.4 Å². The van der Waals surface area contributed by atoms with Gasteiger partial charge >= 0.3 is 0 Å². The van der Waals surface area contributed by atoms with Crippen molar-refractivity contribution in [3.63, 3.8) is 0 Å². The van der Waals surface area contributed by atoms with Crippen LogP contribution in [0.5, 0.6) is 0 Å². The number of hydrogen-bond acceptors (Lipinski definition) is 2. The summed E-state index contributed by atoms with van der Waals surface area (Å²) in [6.45, 7) is 7.51. The third-order valence-corrected chi connectivity index (χ3v) is 7.61. The highest BCUT2D eigenvalue weighted by molar-refractivity contribution is 7.89. The molecule has 3 nitrogen and oxygen atoms in total. The van der Waals surface area contributed by atoms with Crippen molar-refractivity contribution < 1.29 is 8.42 Å². The molecule has 0 bridgehead atoms. The van der Waals surface area contributed by atoms with Crippen LogP contribution in [-0.4, -0.2) is 25.8 Å². The zero-order valence-corrected chi connectivity index (χ0v) is 19.8. The van der Waals surface area contributed by atoms with Crippen molar-refractivity contribution in [3.8, 4) is 0 Å². The third-order valence-electron chi connectivity index (χ3n) is 5.29. The summed E-state index contributed by atoms with van der Waals surface area (Å²) in [6.07, 6.45) is 13.9. The molecule has 0 aromatic heterocycles. The molecule has 1 aromatic carbocycles. The van der Waals surface area contributed by atoms with Crippen molar-refractivity contribution in [2.75, 3.05) is 13.1 Å². The Bertz CT molecular complexity index is 630. The summed E-state index contributed by atoms with van der Waals surface area (Å²) >= 11 is 6.09. The first-order chi connectivity index (χ1) is 13.4. The molecule has 0 aliphatic rings. The summed E-state index contributed by atoms with van der Waals surface area (Å²) in [4.78, 5) is 0.367. The molecule has 0 aliphatic carbocycles. The lowest BCUT2D eigenvalue weighted by Crippen LogP contribution is -2.33. The second-order valence-electron chi connectivity index (χ2n) is 7.85. The van der Waals surface area contributed by atoms with Gasteiger partial charge in [0.2, 0.25) is 10.0 Å². The van der Waals surface area contributed by atoms with Crippen LogP contribution in [0.3, 0.4) is 0 Å². The molecule has 1 aromatic rings. The van der Waals surface area contributed by atoms with E-state index in [-0.39, 0.29) is 0 Å². The summed E-state index contributed by atoms with van der Waals surface area (Å²) in [7, 11) is -3.46. The lowest BCUT2D eigenvalue weighted by molar-refractivity contribution is 0.383. The lowest BCUT2D eigenvalue weighted by Gasteiger charge is -2.23. The van der Waals surface area contributed by atoms with Crippen molar-refractivity contribution in [2.45, 2.75) is 103 Å². The van der Waals surface area contributed by atoms with Gasteiger partial charge in [0.05, 0.1) is 4.90 Å². The fourth-order valence-electron chi connectivity index (χ4n) is 3.42. The first kappa shape index (κ1) is 25.5. The minimum Gasteiger partial charge on any atom is -0.207 e. The molecule has 0 unspecified atom stereocenters. The van der Waals surface area contributed by atoms with Gasteiger partial charge in [0.25, 0.3) is 0 Å². The van der Waals surface area contributed by atoms with Crippen molar-refractivity contribution in [2.24, 2.45) is 0 Å². The number of nitrogens with zero attached hydrogens (tertiary/aromatic N) is 1. The Hall–Kier alpha value is -0.580. The molecule has 28 heavy (non-hydrogen) atoms. The second kappa shape index (κ2) is 14.4. The van der Waals surface area contributed by atoms with Crippen LogP contribution in [0.2, 0.25) is 5.02 Å². The van der Waals surface area contributed by atoms with Crippen molar-refractivity contribution in [3.05, 3.63) is 28.8 Å². The number of rotatable bonds is 16. The fraction of sp³-hybridized carbons (Fsp3) is 0.739. The van der Waals surface area contributed by atoms with Crippen LogP contribution in [0, 0.1) is 6.92 Å². The molecule has 0 radical (unpaired) electrons. The molecule has 0 saturated carbocycles. The topological polar surface area (TPSA) is 37.4 Å². The first-order valence-corrected chi connectivity index (χ1v) is 13.0. The van der Waals surface area contributed by atoms with E-state index in [0.717, 1.165) is 31.2 Å². The maximum atomic E-state index is 13.2. The molecule has 0 amide bonds. The maximum absolute atomic E-state index is 13.2. The van der Waals surface area contributed by atoms with Gasteiger partial charge in [-0.25, -0.2) is 8.42 Å². The van der Waals surface area contributed by atoms with Gasteiger partial charge in [-0.3, -0.25) is 0 Å². The van der Waals surface area contributed by atoms with E-state index in [1.54, 1.807) is 22.5 Å². The summed E-state index contributed by atoms with van der Waals surface area (Å²) in [5.74, 6) is 0. The molecule has 0 heterocycles. The van der Waals surface area contributed by atoms with E-state index in [1.807, 2.05) is 6.92 Å². The molecule has 0 N–H and O–H groups in total. The number of aryl methyl sites for hydroxylation is 1. The molecule has 0 saturated heterocycles. The predicted molar refractivity (Wildman–Crippen MR) is 122 cm³/mol. The predicted octanol–water partition coefficient (Wildman–Crippen LogP) is 7.36. The Morgan fingerprint density at radius 2 is 1.25 bits per heavy atom. The standard InChI is InChI=1S/C23H40ClNO2S/c1-4-6-8-10-12-14-18-25(19-15-13-11-9-7-5-2)28(26,27)22-16-17-23(24)21(3)20-22/h16-17,20H,4-15,18-19H2,1-3H3. The summed E-state index contributed by atoms with van der Waals surface area (Å²) < 4.78 is 28.1. The van der Waals surface area contributed by atoms with Crippen molar-refractivity contribution >= 4 is 21.6 Å². The molecule has 0 atom stereocenters. The number of unbranched alkanes of at least 4 members (excludes halogenated alkanes) is 10. The Morgan fingerprint density at radius 1 is 0.786 bits per heavy atom. The monoisotopic (exact) mass is 429 g/mol.